The zero-order chi connectivity index (χ0) is 21.4. The summed E-state index contributed by atoms with van der Waals surface area (Å²) < 4.78 is 27.2. The lowest BCUT2D eigenvalue weighted by Crippen LogP contribution is -2.42. The van der Waals surface area contributed by atoms with Crippen LogP contribution in [0, 0.1) is 5.41 Å². The Morgan fingerprint density at radius 1 is 1.10 bits per heavy atom. The van der Waals surface area contributed by atoms with Gasteiger partial charge in [-0.25, -0.2) is 13.1 Å². The van der Waals surface area contributed by atoms with Crippen molar-refractivity contribution >= 4 is 40.0 Å². The van der Waals surface area contributed by atoms with Crippen LogP contribution in [0.1, 0.15) is 65.5 Å². The minimum atomic E-state index is -3.36. The molecule has 1 rings (SSSR count). The number of hydrogen-bond donors (Lipinski definition) is 3. The molecule has 1 atom stereocenters. The quantitative estimate of drug-likeness (QED) is 0.252. The Bertz CT molecular complexity index is 743. The molecule has 0 fully saturated rings. The third kappa shape index (κ3) is 12.4. The molecule has 168 valence electrons. The molecule has 0 radical (unpaired) electrons. The summed E-state index contributed by atoms with van der Waals surface area (Å²) in [5.74, 6) is 0.691. The van der Waals surface area contributed by atoms with E-state index in [2.05, 4.69) is 48.0 Å². The average molecular weight is 539 g/mol. The number of aliphatic imine (C=N–C) groups is 1. The van der Waals surface area contributed by atoms with Gasteiger partial charge in [0, 0.05) is 25.7 Å². The van der Waals surface area contributed by atoms with Gasteiger partial charge in [-0.2, -0.15) is 0 Å². The minimum absolute atomic E-state index is 0. The van der Waals surface area contributed by atoms with Crippen molar-refractivity contribution < 1.29 is 8.42 Å². The first-order valence-electron chi connectivity index (χ1n) is 9.96. The second-order valence-corrected chi connectivity index (χ2v) is 10.6. The number of halogens is 1. The minimum Gasteiger partial charge on any atom is -0.354 e. The number of sulfonamides is 1. The van der Waals surface area contributed by atoms with Crippen molar-refractivity contribution in [1.82, 2.24) is 15.4 Å². The Balaban J connectivity index is 0.00000784. The van der Waals surface area contributed by atoms with E-state index in [0.29, 0.717) is 18.0 Å². The van der Waals surface area contributed by atoms with Crippen LogP contribution < -0.4 is 15.4 Å². The van der Waals surface area contributed by atoms with E-state index in [9.17, 15) is 8.42 Å². The van der Waals surface area contributed by atoms with Gasteiger partial charge in [-0.15, -0.1) is 24.0 Å². The molecule has 0 saturated heterocycles. The summed E-state index contributed by atoms with van der Waals surface area (Å²) in [4.78, 5) is 4.29. The van der Waals surface area contributed by atoms with Gasteiger partial charge < -0.3 is 10.6 Å². The van der Waals surface area contributed by atoms with E-state index in [1.54, 1.807) is 7.05 Å². The third-order valence-electron chi connectivity index (χ3n) is 4.26. The van der Waals surface area contributed by atoms with Crippen molar-refractivity contribution in [3.05, 3.63) is 35.4 Å². The number of guanidine groups is 1. The highest BCUT2D eigenvalue weighted by atomic mass is 127. The molecule has 0 aliphatic heterocycles. The number of rotatable bonds is 9. The molecule has 0 spiro atoms. The number of nitrogens with one attached hydrogen (secondary N) is 3. The summed E-state index contributed by atoms with van der Waals surface area (Å²) in [6.07, 6.45) is 2.18. The maximum atomic E-state index is 12.3. The molecule has 1 unspecified atom stereocenters. The van der Waals surface area contributed by atoms with Crippen molar-refractivity contribution in [3.63, 3.8) is 0 Å². The Hall–Kier alpha value is -0.870. The standard InChI is InChI=1S/C21H38N4O2S.HI/c1-16(2)25-28(26,27)15-19-11-9-8-10-18(19)14-23-20(22-7)24-17(3)12-13-21(4,5)6;/h8-11,16-17,25H,12-15H2,1-7H3,(H2,22,23,24);1H. The molecule has 0 bridgehead atoms. The molecule has 3 N–H and O–H groups in total. The molecule has 6 nitrogen and oxygen atoms in total. The van der Waals surface area contributed by atoms with Crippen LogP contribution in [0.2, 0.25) is 0 Å². The van der Waals surface area contributed by atoms with E-state index >= 15 is 0 Å². The Morgan fingerprint density at radius 2 is 1.69 bits per heavy atom. The van der Waals surface area contributed by atoms with Gasteiger partial charge in [-0.05, 0) is 50.2 Å². The fourth-order valence-corrected chi connectivity index (χ4v) is 4.30. The second-order valence-electron chi connectivity index (χ2n) is 8.87. The fourth-order valence-electron chi connectivity index (χ4n) is 2.80. The largest absolute Gasteiger partial charge is 0.354 e. The Kier molecular flexibility index (Phi) is 12.4. The summed E-state index contributed by atoms with van der Waals surface area (Å²) in [6, 6.07) is 7.78. The van der Waals surface area contributed by atoms with Crippen LogP contribution in [0.15, 0.2) is 29.3 Å². The lowest BCUT2D eigenvalue weighted by atomic mass is 9.89. The first kappa shape index (κ1) is 28.1. The fraction of sp³-hybridized carbons (Fsp3) is 0.667. The molecule has 0 aliphatic rings. The van der Waals surface area contributed by atoms with Gasteiger partial charge in [0.25, 0.3) is 0 Å². The van der Waals surface area contributed by atoms with E-state index < -0.39 is 10.0 Å². The Labute approximate surface area is 194 Å². The number of benzene rings is 1. The van der Waals surface area contributed by atoms with Gasteiger partial charge in [0.15, 0.2) is 5.96 Å². The zero-order valence-corrected chi connectivity index (χ0v) is 22.0. The highest BCUT2D eigenvalue weighted by Gasteiger charge is 2.16. The SMILES string of the molecule is CN=C(NCc1ccccc1CS(=O)(=O)NC(C)C)NC(C)CCC(C)(C)C.I. The van der Waals surface area contributed by atoms with Crippen LogP contribution in [0.4, 0.5) is 0 Å². The molecule has 8 heteroatoms. The van der Waals surface area contributed by atoms with Gasteiger partial charge in [0.2, 0.25) is 10.0 Å². The summed E-state index contributed by atoms with van der Waals surface area (Å²) >= 11 is 0. The van der Waals surface area contributed by atoms with Gasteiger partial charge in [0.1, 0.15) is 0 Å². The van der Waals surface area contributed by atoms with Gasteiger partial charge in [0.05, 0.1) is 5.75 Å². The van der Waals surface area contributed by atoms with Crippen molar-refractivity contribution in [2.45, 2.75) is 78.8 Å². The summed E-state index contributed by atoms with van der Waals surface area (Å²) in [5.41, 5.74) is 2.04. The highest BCUT2D eigenvalue weighted by molar-refractivity contribution is 14.0. The summed E-state index contributed by atoms with van der Waals surface area (Å²) in [6.45, 7) is 13.0. The number of hydrogen-bond acceptors (Lipinski definition) is 3. The predicted octanol–water partition coefficient (Wildman–Crippen LogP) is 4.01. The van der Waals surface area contributed by atoms with Crippen molar-refractivity contribution in [3.8, 4) is 0 Å². The van der Waals surface area contributed by atoms with Gasteiger partial charge in [-0.1, -0.05) is 45.0 Å². The van der Waals surface area contributed by atoms with E-state index in [-0.39, 0.29) is 35.8 Å². The van der Waals surface area contributed by atoms with Gasteiger partial charge in [-0.3, -0.25) is 4.99 Å². The van der Waals surface area contributed by atoms with Crippen molar-refractivity contribution in [1.29, 1.82) is 0 Å². The molecule has 29 heavy (non-hydrogen) atoms. The molecule has 0 amide bonds. The van der Waals surface area contributed by atoms with Crippen molar-refractivity contribution in [2.24, 2.45) is 10.4 Å². The molecule has 1 aromatic carbocycles. The lowest BCUT2D eigenvalue weighted by Gasteiger charge is -2.23. The first-order valence-corrected chi connectivity index (χ1v) is 11.6. The first-order chi connectivity index (χ1) is 12.9. The molecule has 0 saturated carbocycles. The second kappa shape index (κ2) is 12.7. The predicted molar refractivity (Wildman–Crippen MR) is 134 cm³/mol. The normalized spacial score (nSPS) is 13.7. The number of nitrogens with zero attached hydrogens (tertiary/aromatic N) is 1. The topological polar surface area (TPSA) is 82.6 Å². The van der Waals surface area contributed by atoms with Crippen molar-refractivity contribution in [2.75, 3.05) is 7.05 Å². The maximum Gasteiger partial charge on any atom is 0.216 e. The molecular weight excluding hydrogens is 499 g/mol. The zero-order valence-electron chi connectivity index (χ0n) is 18.9. The van der Waals surface area contributed by atoms with E-state index in [0.717, 1.165) is 29.9 Å². The van der Waals surface area contributed by atoms with E-state index in [1.165, 1.54) is 0 Å². The lowest BCUT2D eigenvalue weighted by molar-refractivity contribution is 0.346. The van der Waals surface area contributed by atoms with E-state index in [4.69, 9.17) is 0 Å². The third-order valence-corrected chi connectivity index (χ3v) is 5.78. The van der Waals surface area contributed by atoms with Crippen LogP contribution in [0.25, 0.3) is 0 Å². The Morgan fingerprint density at radius 3 is 2.21 bits per heavy atom. The monoisotopic (exact) mass is 538 g/mol. The molecule has 1 aromatic rings. The smallest absolute Gasteiger partial charge is 0.216 e. The molecule has 0 heterocycles. The maximum absolute atomic E-state index is 12.3. The summed E-state index contributed by atoms with van der Waals surface area (Å²) in [5, 5.41) is 6.72. The van der Waals surface area contributed by atoms with E-state index in [1.807, 2.05) is 38.1 Å². The summed E-state index contributed by atoms with van der Waals surface area (Å²) in [7, 11) is -1.62. The van der Waals surface area contributed by atoms with Crippen LogP contribution in [0.5, 0.6) is 0 Å². The van der Waals surface area contributed by atoms with Crippen LogP contribution >= 0.6 is 24.0 Å². The van der Waals surface area contributed by atoms with Gasteiger partial charge >= 0.3 is 0 Å². The van der Waals surface area contributed by atoms with Crippen LogP contribution in [-0.4, -0.2) is 33.5 Å². The van der Waals surface area contributed by atoms with Crippen LogP contribution in [-0.2, 0) is 22.3 Å². The molecule has 0 aliphatic carbocycles. The average Bonchev–Trinajstić information content (AvgIpc) is 2.55. The van der Waals surface area contributed by atoms with Crippen LogP contribution in [0.3, 0.4) is 0 Å². The highest BCUT2D eigenvalue weighted by Crippen LogP contribution is 2.21. The molecule has 0 aromatic heterocycles. The molecular formula is C21H39IN4O2S.